The van der Waals surface area contributed by atoms with E-state index in [1.165, 1.54) is 12.8 Å². The van der Waals surface area contributed by atoms with Gasteiger partial charge in [0.2, 0.25) is 5.88 Å². The quantitative estimate of drug-likeness (QED) is 0.843. The topological polar surface area (TPSA) is 73.1 Å². The highest BCUT2D eigenvalue weighted by atomic mass is 16.5. The maximum Gasteiger partial charge on any atom is 0.239 e. The standard InChI is InChI=1S/C15H18N4O/c16-13-6-7-14(18-9-12-3-1-2-8-17-12)19-15(13)20-10-11-4-5-11/h1-3,6-8,11H,4-5,9-10,16H2,(H,18,19). The van der Waals surface area contributed by atoms with E-state index in [0.717, 1.165) is 11.5 Å². The minimum absolute atomic E-state index is 0.517. The Morgan fingerprint density at radius 2 is 2.15 bits per heavy atom. The van der Waals surface area contributed by atoms with E-state index in [4.69, 9.17) is 10.5 Å². The highest BCUT2D eigenvalue weighted by Crippen LogP contribution is 2.30. The van der Waals surface area contributed by atoms with Crippen LogP contribution in [0.1, 0.15) is 18.5 Å². The molecule has 1 aliphatic carbocycles. The molecule has 1 fully saturated rings. The average Bonchev–Trinajstić information content (AvgIpc) is 3.30. The van der Waals surface area contributed by atoms with Gasteiger partial charge in [0.15, 0.2) is 0 Å². The monoisotopic (exact) mass is 270 g/mol. The van der Waals surface area contributed by atoms with Crippen molar-refractivity contribution in [2.45, 2.75) is 19.4 Å². The second-order valence-electron chi connectivity index (χ2n) is 5.02. The van der Waals surface area contributed by atoms with E-state index >= 15 is 0 Å². The molecule has 5 heteroatoms. The first kappa shape index (κ1) is 12.7. The zero-order valence-corrected chi connectivity index (χ0v) is 11.2. The Balaban J connectivity index is 1.62. The summed E-state index contributed by atoms with van der Waals surface area (Å²) in [5.41, 5.74) is 7.42. The van der Waals surface area contributed by atoms with Crippen molar-refractivity contribution in [2.24, 2.45) is 5.92 Å². The summed E-state index contributed by atoms with van der Waals surface area (Å²) in [4.78, 5) is 8.66. The van der Waals surface area contributed by atoms with Crippen LogP contribution in [0, 0.1) is 5.92 Å². The number of nitrogens with one attached hydrogen (secondary N) is 1. The van der Waals surface area contributed by atoms with Gasteiger partial charge in [-0.15, -0.1) is 0 Å². The van der Waals surface area contributed by atoms with Gasteiger partial charge in [-0.1, -0.05) is 6.07 Å². The maximum atomic E-state index is 5.88. The molecule has 2 heterocycles. The zero-order valence-electron chi connectivity index (χ0n) is 11.2. The van der Waals surface area contributed by atoms with Crippen molar-refractivity contribution in [2.75, 3.05) is 17.7 Å². The number of anilines is 2. The summed E-state index contributed by atoms with van der Waals surface area (Å²) in [6, 6.07) is 9.49. The van der Waals surface area contributed by atoms with Gasteiger partial charge in [-0.3, -0.25) is 4.98 Å². The fourth-order valence-corrected chi connectivity index (χ4v) is 1.83. The third kappa shape index (κ3) is 3.38. The van der Waals surface area contributed by atoms with Crippen molar-refractivity contribution in [1.29, 1.82) is 0 Å². The molecule has 0 radical (unpaired) electrons. The van der Waals surface area contributed by atoms with Crippen molar-refractivity contribution in [3.63, 3.8) is 0 Å². The van der Waals surface area contributed by atoms with E-state index < -0.39 is 0 Å². The molecule has 3 N–H and O–H groups in total. The predicted octanol–water partition coefficient (Wildman–Crippen LogP) is 2.46. The second-order valence-corrected chi connectivity index (χ2v) is 5.02. The highest BCUT2D eigenvalue weighted by Gasteiger charge is 2.22. The first-order valence-corrected chi connectivity index (χ1v) is 6.84. The number of ether oxygens (including phenoxy) is 1. The molecule has 3 rings (SSSR count). The SMILES string of the molecule is Nc1ccc(NCc2ccccn2)nc1OCC1CC1. The van der Waals surface area contributed by atoms with Gasteiger partial charge in [-0.2, -0.15) is 4.98 Å². The Labute approximate surface area is 118 Å². The van der Waals surface area contributed by atoms with E-state index in [2.05, 4.69) is 15.3 Å². The minimum atomic E-state index is 0.517. The molecule has 2 aromatic heterocycles. The molecular formula is C15H18N4O. The van der Waals surface area contributed by atoms with Gasteiger partial charge in [0.25, 0.3) is 0 Å². The van der Waals surface area contributed by atoms with Crippen LogP contribution < -0.4 is 15.8 Å². The average molecular weight is 270 g/mol. The first-order valence-electron chi connectivity index (χ1n) is 6.84. The van der Waals surface area contributed by atoms with Crippen molar-refractivity contribution in [3.05, 3.63) is 42.2 Å². The molecule has 0 aliphatic heterocycles. The van der Waals surface area contributed by atoms with Gasteiger partial charge in [0, 0.05) is 6.20 Å². The lowest BCUT2D eigenvalue weighted by atomic mass is 10.3. The molecule has 0 aromatic carbocycles. The van der Waals surface area contributed by atoms with Gasteiger partial charge in [-0.25, -0.2) is 0 Å². The molecule has 2 aromatic rings. The fourth-order valence-electron chi connectivity index (χ4n) is 1.83. The summed E-state index contributed by atoms with van der Waals surface area (Å²) in [6.07, 6.45) is 4.27. The molecule has 104 valence electrons. The Morgan fingerprint density at radius 3 is 2.90 bits per heavy atom. The van der Waals surface area contributed by atoms with Crippen molar-refractivity contribution in [1.82, 2.24) is 9.97 Å². The van der Waals surface area contributed by atoms with Crippen LogP contribution in [0.5, 0.6) is 5.88 Å². The van der Waals surface area contributed by atoms with Crippen LogP contribution in [0.2, 0.25) is 0 Å². The number of hydrogen-bond donors (Lipinski definition) is 2. The lowest BCUT2D eigenvalue weighted by Gasteiger charge is -2.10. The summed E-state index contributed by atoms with van der Waals surface area (Å²) in [7, 11) is 0. The summed E-state index contributed by atoms with van der Waals surface area (Å²) in [5, 5.41) is 3.22. The van der Waals surface area contributed by atoms with Crippen LogP contribution in [0.3, 0.4) is 0 Å². The number of pyridine rings is 2. The lowest BCUT2D eigenvalue weighted by Crippen LogP contribution is -2.07. The Hall–Kier alpha value is -2.30. The molecule has 0 bridgehead atoms. The molecule has 0 saturated heterocycles. The van der Waals surface area contributed by atoms with Crippen LogP contribution in [0.4, 0.5) is 11.5 Å². The van der Waals surface area contributed by atoms with E-state index in [1.54, 1.807) is 6.20 Å². The summed E-state index contributed by atoms with van der Waals surface area (Å²) in [6.45, 7) is 1.33. The molecule has 0 atom stereocenters. The Kier molecular flexibility index (Phi) is 3.67. The van der Waals surface area contributed by atoms with E-state index in [1.807, 2.05) is 30.3 Å². The van der Waals surface area contributed by atoms with Gasteiger partial charge < -0.3 is 15.8 Å². The van der Waals surface area contributed by atoms with Crippen molar-refractivity contribution in [3.8, 4) is 5.88 Å². The molecular weight excluding hydrogens is 252 g/mol. The van der Waals surface area contributed by atoms with Gasteiger partial charge in [0.05, 0.1) is 24.5 Å². The summed E-state index contributed by atoms with van der Waals surface area (Å²) in [5.74, 6) is 1.94. The Bertz CT molecular complexity index is 569. The molecule has 0 unspecified atom stereocenters. The van der Waals surface area contributed by atoms with E-state index in [0.29, 0.717) is 30.6 Å². The lowest BCUT2D eigenvalue weighted by molar-refractivity contribution is 0.290. The third-order valence-electron chi connectivity index (χ3n) is 3.22. The van der Waals surface area contributed by atoms with Gasteiger partial charge in [0.1, 0.15) is 5.82 Å². The number of hydrogen-bond acceptors (Lipinski definition) is 5. The van der Waals surface area contributed by atoms with Crippen molar-refractivity contribution >= 4 is 11.5 Å². The number of nitrogen functional groups attached to an aromatic ring is 1. The molecule has 0 spiro atoms. The normalized spacial score (nSPS) is 14.0. The number of nitrogens with two attached hydrogens (primary N) is 1. The molecule has 20 heavy (non-hydrogen) atoms. The molecule has 1 aliphatic rings. The smallest absolute Gasteiger partial charge is 0.239 e. The van der Waals surface area contributed by atoms with Crippen LogP contribution in [0.15, 0.2) is 36.5 Å². The number of nitrogens with zero attached hydrogens (tertiary/aromatic N) is 2. The van der Waals surface area contributed by atoms with Crippen LogP contribution >= 0.6 is 0 Å². The third-order valence-corrected chi connectivity index (χ3v) is 3.22. The van der Waals surface area contributed by atoms with Crippen LogP contribution in [-0.4, -0.2) is 16.6 Å². The maximum absolute atomic E-state index is 5.88. The van der Waals surface area contributed by atoms with Crippen LogP contribution in [-0.2, 0) is 6.54 Å². The zero-order chi connectivity index (χ0) is 13.8. The van der Waals surface area contributed by atoms with Gasteiger partial charge in [-0.05, 0) is 43.0 Å². The Morgan fingerprint density at radius 1 is 1.25 bits per heavy atom. The first-order chi connectivity index (χ1) is 9.81. The fraction of sp³-hybridized carbons (Fsp3) is 0.333. The number of rotatable bonds is 6. The molecule has 0 amide bonds. The minimum Gasteiger partial charge on any atom is -0.476 e. The van der Waals surface area contributed by atoms with Gasteiger partial charge >= 0.3 is 0 Å². The molecule has 5 nitrogen and oxygen atoms in total. The van der Waals surface area contributed by atoms with E-state index in [-0.39, 0.29) is 0 Å². The van der Waals surface area contributed by atoms with Crippen LogP contribution in [0.25, 0.3) is 0 Å². The highest BCUT2D eigenvalue weighted by molar-refractivity contribution is 5.53. The summed E-state index contributed by atoms with van der Waals surface area (Å²) >= 11 is 0. The largest absolute Gasteiger partial charge is 0.476 e. The van der Waals surface area contributed by atoms with Crippen molar-refractivity contribution < 1.29 is 4.74 Å². The van der Waals surface area contributed by atoms with E-state index in [9.17, 15) is 0 Å². The number of aromatic nitrogens is 2. The molecule has 1 saturated carbocycles. The second kappa shape index (κ2) is 5.77. The predicted molar refractivity (Wildman–Crippen MR) is 78.4 cm³/mol. The summed E-state index contributed by atoms with van der Waals surface area (Å²) < 4.78 is 5.66.